The minimum absolute atomic E-state index is 0.000920. The number of phenolic OH excluding ortho intramolecular Hbond substituents is 1. The predicted molar refractivity (Wildman–Crippen MR) is 73.7 cm³/mol. The fraction of sp³-hybridized carbons (Fsp3) is 0.571. The number of phenols is 1. The normalized spacial score (nSPS) is 20.6. The van der Waals surface area contributed by atoms with Gasteiger partial charge in [-0.15, -0.1) is 0 Å². The lowest BCUT2D eigenvalue weighted by atomic mass is 9.90. The molecule has 0 spiro atoms. The van der Waals surface area contributed by atoms with Crippen molar-refractivity contribution >= 4 is 0 Å². The average Bonchev–Trinajstić information content (AvgIpc) is 2.42. The molecule has 0 aliphatic carbocycles. The Kier molecular flexibility index (Phi) is 4.22. The van der Waals surface area contributed by atoms with E-state index in [1.54, 1.807) is 12.1 Å². The van der Waals surface area contributed by atoms with E-state index in [2.05, 4.69) is 17.1 Å². The van der Waals surface area contributed by atoms with Gasteiger partial charge in [-0.3, -0.25) is 4.90 Å². The van der Waals surface area contributed by atoms with Gasteiger partial charge in [0.1, 0.15) is 5.75 Å². The number of aromatic hydroxyl groups is 1. The summed E-state index contributed by atoms with van der Waals surface area (Å²) in [7, 11) is 0. The first-order valence-corrected chi connectivity index (χ1v) is 6.58. The zero-order valence-electron chi connectivity index (χ0n) is 11.0. The first kappa shape index (κ1) is 13.3. The van der Waals surface area contributed by atoms with Crippen molar-refractivity contribution in [1.82, 2.24) is 10.2 Å². The lowest BCUT2D eigenvalue weighted by molar-refractivity contribution is 0.0946. The first-order chi connectivity index (χ1) is 8.64. The van der Waals surface area contributed by atoms with E-state index in [4.69, 9.17) is 5.73 Å². The van der Waals surface area contributed by atoms with Crippen LogP contribution in [0, 0.1) is 0 Å². The molecule has 0 aromatic heterocycles. The second-order valence-electron chi connectivity index (χ2n) is 5.28. The van der Waals surface area contributed by atoms with E-state index in [0.29, 0.717) is 12.3 Å². The van der Waals surface area contributed by atoms with Crippen LogP contribution in [0.2, 0.25) is 0 Å². The molecule has 1 aliphatic heterocycles. The van der Waals surface area contributed by atoms with E-state index in [1.807, 2.05) is 12.1 Å². The molecule has 0 amide bonds. The molecule has 1 heterocycles. The molecule has 4 heteroatoms. The van der Waals surface area contributed by atoms with Crippen molar-refractivity contribution in [1.29, 1.82) is 0 Å². The number of rotatable bonds is 4. The standard InChI is InChI=1S/C14H23N3O/c1-14(11-15,17-8-6-16-7-9-17)10-12-2-4-13(18)5-3-12/h2-5,16,18H,6-11,15H2,1H3. The van der Waals surface area contributed by atoms with E-state index in [0.717, 1.165) is 32.6 Å². The molecule has 0 bridgehead atoms. The van der Waals surface area contributed by atoms with Gasteiger partial charge in [-0.05, 0) is 31.0 Å². The highest BCUT2D eigenvalue weighted by Gasteiger charge is 2.31. The number of hydrogen-bond donors (Lipinski definition) is 3. The first-order valence-electron chi connectivity index (χ1n) is 6.58. The zero-order valence-corrected chi connectivity index (χ0v) is 11.0. The second-order valence-corrected chi connectivity index (χ2v) is 5.28. The van der Waals surface area contributed by atoms with Gasteiger partial charge in [0, 0.05) is 38.3 Å². The van der Waals surface area contributed by atoms with Crippen LogP contribution in [0.15, 0.2) is 24.3 Å². The van der Waals surface area contributed by atoms with Crippen LogP contribution in [0.5, 0.6) is 5.75 Å². The number of piperazine rings is 1. The van der Waals surface area contributed by atoms with E-state index >= 15 is 0 Å². The summed E-state index contributed by atoms with van der Waals surface area (Å²) in [6, 6.07) is 7.44. The van der Waals surface area contributed by atoms with Crippen LogP contribution >= 0.6 is 0 Å². The molecule has 1 unspecified atom stereocenters. The van der Waals surface area contributed by atoms with Crippen LogP contribution in [0.25, 0.3) is 0 Å². The van der Waals surface area contributed by atoms with Gasteiger partial charge in [0.2, 0.25) is 0 Å². The summed E-state index contributed by atoms with van der Waals surface area (Å²) in [5.41, 5.74) is 7.22. The summed E-state index contributed by atoms with van der Waals surface area (Å²) in [6.45, 7) is 7.03. The van der Waals surface area contributed by atoms with Crippen molar-refractivity contribution in [3.05, 3.63) is 29.8 Å². The van der Waals surface area contributed by atoms with E-state index in [-0.39, 0.29) is 5.54 Å². The lowest BCUT2D eigenvalue weighted by Crippen LogP contribution is -2.59. The van der Waals surface area contributed by atoms with Crippen molar-refractivity contribution in [3.8, 4) is 5.75 Å². The monoisotopic (exact) mass is 249 g/mol. The van der Waals surface area contributed by atoms with Crippen LogP contribution in [-0.4, -0.2) is 48.3 Å². The smallest absolute Gasteiger partial charge is 0.115 e. The highest BCUT2D eigenvalue weighted by Crippen LogP contribution is 2.21. The molecule has 4 N–H and O–H groups in total. The maximum Gasteiger partial charge on any atom is 0.115 e. The Labute approximate surface area is 109 Å². The maximum atomic E-state index is 9.32. The molecule has 18 heavy (non-hydrogen) atoms. The van der Waals surface area contributed by atoms with Crippen molar-refractivity contribution in [3.63, 3.8) is 0 Å². The maximum absolute atomic E-state index is 9.32. The predicted octanol–water partition coefficient (Wildman–Crippen LogP) is 0.557. The highest BCUT2D eigenvalue weighted by molar-refractivity contribution is 5.27. The number of nitrogens with one attached hydrogen (secondary N) is 1. The molecular weight excluding hydrogens is 226 g/mol. The molecule has 1 aromatic carbocycles. The Bertz CT molecular complexity index is 373. The summed E-state index contributed by atoms with van der Waals surface area (Å²) in [4.78, 5) is 2.47. The molecule has 1 saturated heterocycles. The van der Waals surface area contributed by atoms with Crippen molar-refractivity contribution < 1.29 is 5.11 Å². The van der Waals surface area contributed by atoms with Gasteiger partial charge in [-0.25, -0.2) is 0 Å². The molecule has 4 nitrogen and oxygen atoms in total. The van der Waals surface area contributed by atoms with E-state index in [9.17, 15) is 5.11 Å². The number of benzene rings is 1. The average molecular weight is 249 g/mol. The van der Waals surface area contributed by atoms with Gasteiger partial charge in [-0.1, -0.05) is 12.1 Å². The quantitative estimate of drug-likeness (QED) is 0.729. The molecule has 1 aliphatic rings. The van der Waals surface area contributed by atoms with Crippen LogP contribution in [-0.2, 0) is 6.42 Å². The molecule has 100 valence electrons. The summed E-state index contributed by atoms with van der Waals surface area (Å²) in [5, 5.41) is 12.7. The van der Waals surface area contributed by atoms with Crippen LogP contribution < -0.4 is 11.1 Å². The summed E-state index contributed by atoms with van der Waals surface area (Å²) < 4.78 is 0. The largest absolute Gasteiger partial charge is 0.508 e. The summed E-state index contributed by atoms with van der Waals surface area (Å²) in [5.74, 6) is 0.315. The van der Waals surface area contributed by atoms with Crippen molar-refractivity contribution in [2.75, 3.05) is 32.7 Å². The number of nitrogens with two attached hydrogens (primary N) is 1. The van der Waals surface area contributed by atoms with Crippen molar-refractivity contribution in [2.24, 2.45) is 5.73 Å². The second kappa shape index (κ2) is 5.69. The Balaban J connectivity index is 2.08. The lowest BCUT2D eigenvalue weighted by Gasteiger charge is -2.43. The SMILES string of the molecule is CC(CN)(Cc1ccc(O)cc1)N1CCNCC1. The molecule has 1 aromatic rings. The number of hydrogen-bond acceptors (Lipinski definition) is 4. The van der Waals surface area contributed by atoms with Crippen LogP contribution in [0.3, 0.4) is 0 Å². The minimum Gasteiger partial charge on any atom is -0.508 e. The number of nitrogens with zero attached hydrogens (tertiary/aromatic N) is 1. The van der Waals surface area contributed by atoms with Crippen LogP contribution in [0.1, 0.15) is 12.5 Å². The van der Waals surface area contributed by atoms with Crippen LogP contribution in [0.4, 0.5) is 0 Å². The third kappa shape index (κ3) is 3.02. The summed E-state index contributed by atoms with van der Waals surface area (Å²) >= 11 is 0. The third-order valence-corrected chi connectivity index (χ3v) is 3.84. The Hall–Kier alpha value is -1.10. The third-order valence-electron chi connectivity index (χ3n) is 3.84. The molecule has 1 atom stereocenters. The van der Waals surface area contributed by atoms with Gasteiger partial charge in [0.25, 0.3) is 0 Å². The molecular formula is C14H23N3O. The van der Waals surface area contributed by atoms with Gasteiger partial charge in [-0.2, -0.15) is 0 Å². The van der Waals surface area contributed by atoms with Gasteiger partial charge >= 0.3 is 0 Å². The van der Waals surface area contributed by atoms with E-state index < -0.39 is 0 Å². The van der Waals surface area contributed by atoms with E-state index in [1.165, 1.54) is 5.56 Å². The van der Waals surface area contributed by atoms with Gasteiger partial charge in [0.15, 0.2) is 0 Å². The Morgan fingerprint density at radius 2 is 1.89 bits per heavy atom. The topological polar surface area (TPSA) is 61.5 Å². The fourth-order valence-electron chi connectivity index (χ4n) is 2.57. The molecule has 2 rings (SSSR count). The highest BCUT2D eigenvalue weighted by atomic mass is 16.3. The fourth-order valence-corrected chi connectivity index (χ4v) is 2.57. The van der Waals surface area contributed by atoms with Gasteiger partial charge < -0.3 is 16.2 Å². The molecule has 1 fully saturated rings. The molecule has 0 saturated carbocycles. The summed E-state index contributed by atoms with van der Waals surface area (Å²) in [6.07, 6.45) is 0.920. The Morgan fingerprint density at radius 1 is 1.28 bits per heavy atom. The molecule has 0 radical (unpaired) electrons. The Morgan fingerprint density at radius 3 is 2.44 bits per heavy atom. The van der Waals surface area contributed by atoms with Gasteiger partial charge in [0.05, 0.1) is 0 Å². The van der Waals surface area contributed by atoms with Crippen molar-refractivity contribution in [2.45, 2.75) is 18.9 Å². The zero-order chi connectivity index (χ0) is 13.0. The minimum atomic E-state index is -0.000920.